The van der Waals surface area contributed by atoms with Crippen molar-refractivity contribution in [3.63, 3.8) is 0 Å². The van der Waals surface area contributed by atoms with Crippen LogP contribution in [0, 0.1) is 18.2 Å². The topological polar surface area (TPSA) is 47.6 Å². The summed E-state index contributed by atoms with van der Waals surface area (Å²) in [6.07, 6.45) is 6.09. The molecule has 5 heteroatoms. The predicted octanol–water partition coefficient (Wildman–Crippen LogP) is 3.10. The molecule has 25 heavy (non-hydrogen) atoms. The van der Waals surface area contributed by atoms with Crippen molar-refractivity contribution in [3.8, 4) is 23.8 Å². The van der Waals surface area contributed by atoms with Crippen LogP contribution in [0.2, 0.25) is 0 Å². The van der Waals surface area contributed by atoms with Gasteiger partial charge in [0, 0.05) is 13.0 Å². The van der Waals surface area contributed by atoms with Crippen LogP contribution in [-0.2, 0) is 17.8 Å². The number of benzene rings is 2. The molecule has 0 spiro atoms. The van der Waals surface area contributed by atoms with Gasteiger partial charge in [0.05, 0.1) is 7.11 Å². The highest BCUT2D eigenvalue weighted by Gasteiger charge is 2.08. The average molecular weight is 341 g/mol. The van der Waals surface area contributed by atoms with E-state index in [9.17, 15) is 9.18 Å². The number of hydrogen-bond donors (Lipinski definition) is 1. The summed E-state index contributed by atoms with van der Waals surface area (Å²) in [5, 5.41) is 2.82. The largest absolute Gasteiger partial charge is 0.493 e. The summed E-state index contributed by atoms with van der Waals surface area (Å²) in [7, 11) is 1.55. The van der Waals surface area contributed by atoms with Crippen LogP contribution in [0.15, 0.2) is 42.5 Å². The van der Waals surface area contributed by atoms with Gasteiger partial charge >= 0.3 is 0 Å². The molecule has 1 amide bonds. The van der Waals surface area contributed by atoms with E-state index in [0.29, 0.717) is 30.9 Å². The molecule has 0 radical (unpaired) electrons. The maximum absolute atomic E-state index is 12.8. The highest BCUT2D eigenvalue weighted by atomic mass is 19.1. The van der Waals surface area contributed by atoms with E-state index >= 15 is 0 Å². The summed E-state index contributed by atoms with van der Waals surface area (Å²) in [4.78, 5) is 12.0. The summed E-state index contributed by atoms with van der Waals surface area (Å²) in [6.45, 7) is 0.544. The Kier molecular flexibility index (Phi) is 6.85. The van der Waals surface area contributed by atoms with Gasteiger partial charge in [-0.05, 0) is 41.8 Å². The van der Waals surface area contributed by atoms with Gasteiger partial charge < -0.3 is 14.8 Å². The SMILES string of the molecule is C#CCOc1ccc(CCC(=O)NCc2ccc(F)cc2)cc1OC. The fraction of sp³-hybridized carbons (Fsp3) is 0.250. The van der Waals surface area contributed by atoms with Gasteiger partial charge in [0.2, 0.25) is 5.91 Å². The number of terminal acetylenes is 1. The summed E-state index contributed by atoms with van der Waals surface area (Å²) < 4.78 is 23.5. The van der Waals surface area contributed by atoms with Crippen molar-refractivity contribution < 1.29 is 18.7 Å². The number of amides is 1. The molecule has 0 unspecified atom stereocenters. The predicted molar refractivity (Wildman–Crippen MR) is 93.9 cm³/mol. The van der Waals surface area contributed by atoms with E-state index in [1.165, 1.54) is 12.1 Å². The second kappa shape index (κ2) is 9.33. The van der Waals surface area contributed by atoms with Crippen molar-refractivity contribution >= 4 is 5.91 Å². The second-order valence-corrected chi connectivity index (χ2v) is 5.38. The Bertz CT molecular complexity index is 751. The third-order valence-electron chi connectivity index (χ3n) is 3.58. The van der Waals surface area contributed by atoms with Crippen LogP contribution >= 0.6 is 0 Å². The minimum absolute atomic E-state index is 0.0732. The first kappa shape index (κ1) is 18.3. The minimum atomic E-state index is -0.293. The maximum atomic E-state index is 12.8. The Morgan fingerprint density at radius 3 is 2.56 bits per heavy atom. The van der Waals surface area contributed by atoms with Gasteiger partial charge in [-0.3, -0.25) is 4.79 Å². The van der Waals surface area contributed by atoms with Crippen LogP contribution in [0.4, 0.5) is 4.39 Å². The molecule has 2 rings (SSSR count). The number of methoxy groups -OCH3 is 1. The lowest BCUT2D eigenvalue weighted by molar-refractivity contribution is -0.121. The molecule has 0 aliphatic carbocycles. The third-order valence-corrected chi connectivity index (χ3v) is 3.58. The highest BCUT2D eigenvalue weighted by molar-refractivity contribution is 5.76. The molecule has 0 saturated heterocycles. The lowest BCUT2D eigenvalue weighted by atomic mass is 10.1. The van der Waals surface area contributed by atoms with E-state index in [1.54, 1.807) is 25.3 Å². The van der Waals surface area contributed by atoms with Crippen molar-refractivity contribution in [2.24, 2.45) is 0 Å². The van der Waals surface area contributed by atoms with Crippen LogP contribution < -0.4 is 14.8 Å². The number of halogens is 1. The molecule has 0 atom stereocenters. The summed E-state index contributed by atoms with van der Waals surface area (Å²) in [5.41, 5.74) is 1.81. The smallest absolute Gasteiger partial charge is 0.220 e. The lowest BCUT2D eigenvalue weighted by Gasteiger charge is -2.11. The molecule has 4 nitrogen and oxygen atoms in total. The fourth-order valence-electron chi connectivity index (χ4n) is 2.26. The number of carbonyl (C=O) groups excluding carboxylic acids is 1. The standard InChI is InChI=1S/C20H20FNO3/c1-3-12-25-18-10-6-15(13-19(18)24-2)7-11-20(23)22-14-16-4-8-17(21)9-5-16/h1,4-6,8-10,13H,7,11-12,14H2,2H3,(H,22,23). The molecule has 1 N–H and O–H groups in total. The molecular weight excluding hydrogens is 321 g/mol. The van der Waals surface area contributed by atoms with Gasteiger partial charge in [-0.15, -0.1) is 6.42 Å². The monoisotopic (exact) mass is 341 g/mol. The lowest BCUT2D eigenvalue weighted by Crippen LogP contribution is -2.23. The van der Waals surface area contributed by atoms with E-state index in [-0.39, 0.29) is 18.3 Å². The molecule has 2 aromatic rings. The third kappa shape index (κ3) is 5.85. The number of ether oxygens (including phenoxy) is 2. The van der Waals surface area contributed by atoms with Crippen LogP contribution in [0.25, 0.3) is 0 Å². The van der Waals surface area contributed by atoms with E-state index in [4.69, 9.17) is 15.9 Å². The molecule has 0 heterocycles. The summed E-state index contributed by atoms with van der Waals surface area (Å²) >= 11 is 0. The highest BCUT2D eigenvalue weighted by Crippen LogP contribution is 2.28. The number of nitrogens with one attached hydrogen (secondary N) is 1. The molecule has 0 aliphatic rings. The average Bonchev–Trinajstić information content (AvgIpc) is 2.64. The fourth-order valence-corrected chi connectivity index (χ4v) is 2.26. The zero-order valence-electron chi connectivity index (χ0n) is 14.0. The molecule has 0 fully saturated rings. The number of hydrogen-bond acceptors (Lipinski definition) is 3. The number of rotatable bonds is 8. The molecule has 0 aromatic heterocycles. The van der Waals surface area contributed by atoms with Crippen molar-refractivity contribution in [3.05, 3.63) is 59.4 Å². The number of aryl methyl sites for hydroxylation is 1. The quantitative estimate of drug-likeness (QED) is 0.751. The first-order valence-corrected chi connectivity index (χ1v) is 7.86. The van der Waals surface area contributed by atoms with Crippen molar-refractivity contribution in [2.45, 2.75) is 19.4 Å². The van der Waals surface area contributed by atoms with E-state index in [2.05, 4.69) is 11.2 Å². The maximum Gasteiger partial charge on any atom is 0.220 e. The Morgan fingerprint density at radius 1 is 1.16 bits per heavy atom. The van der Waals surface area contributed by atoms with Crippen molar-refractivity contribution in [1.82, 2.24) is 5.32 Å². The Morgan fingerprint density at radius 2 is 1.88 bits per heavy atom. The summed E-state index contributed by atoms with van der Waals surface area (Å²) in [5.74, 6) is 3.19. The molecule has 0 aliphatic heterocycles. The first-order chi connectivity index (χ1) is 12.1. The zero-order chi connectivity index (χ0) is 18.1. The zero-order valence-corrected chi connectivity index (χ0v) is 14.0. The van der Waals surface area contributed by atoms with Gasteiger partial charge in [-0.2, -0.15) is 0 Å². The Labute approximate surface area is 147 Å². The summed E-state index contributed by atoms with van der Waals surface area (Å²) in [6, 6.07) is 11.5. The van der Waals surface area contributed by atoms with Gasteiger partial charge in [0.1, 0.15) is 12.4 Å². The van der Waals surface area contributed by atoms with E-state index < -0.39 is 0 Å². The van der Waals surface area contributed by atoms with Crippen molar-refractivity contribution in [1.29, 1.82) is 0 Å². The van der Waals surface area contributed by atoms with Gasteiger partial charge in [-0.25, -0.2) is 4.39 Å². The minimum Gasteiger partial charge on any atom is -0.493 e. The molecule has 0 bridgehead atoms. The molecule has 130 valence electrons. The van der Waals surface area contributed by atoms with E-state index in [0.717, 1.165) is 11.1 Å². The van der Waals surface area contributed by atoms with Crippen molar-refractivity contribution in [2.75, 3.05) is 13.7 Å². The van der Waals surface area contributed by atoms with Crippen LogP contribution in [0.1, 0.15) is 17.5 Å². The van der Waals surface area contributed by atoms with Gasteiger partial charge in [0.25, 0.3) is 0 Å². The number of carbonyl (C=O) groups is 1. The first-order valence-electron chi connectivity index (χ1n) is 7.86. The molecule has 2 aromatic carbocycles. The second-order valence-electron chi connectivity index (χ2n) is 5.38. The van der Waals surface area contributed by atoms with Crippen LogP contribution in [0.5, 0.6) is 11.5 Å². The Balaban J connectivity index is 1.84. The van der Waals surface area contributed by atoms with Gasteiger partial charge in [0.15, 0.2) is 11.5 Å². The van der Waals surface area contributed by atoms with Crippen LogP contribution in [-0.4, -0.2) is 19.6 Å². The van der Waals surface area contributed by atoms with Gasteiger partial charge in [-0.1, -0.05) is 24.1 Å². The Hall–Kier alpha value is -3.00. The molecular formula is C20H20FNO3. The normalized spacial score (nSPS) is 9.96. The molecule has 0 saturated carbocycles. The van der Waals surface area contributed by atoms with E-state index in [1.807, 2.05) is 12.1 Å². The van der Waals surface area contributed by atoms with Crippen LogP contribution in [0.3, 0.4) is 0 Å².